The second-order valence-corrected chi connectivity index (χ2v) is 11.5. The Hall–Kier alpha value is -3.69. The number of imidazole rings is 1. The summed E-state index contributed by atoms with van der Waals surface area (Å²) in [6.45, 7) is 3.15. The molecular formula is C28H28N4O4S. The summed E-state index contributed by atoms with van der Waals surface area (Å²) < 4.78 is 38.8. The van der Waals surface area contributed by atoms with Gasteiger partial charge in [0.05, 0.1) is 22.8 Å². The molecule has 2 aliphatic heterocycles. The van der Waals surface area contributed by atoms with Crippen molar-refractivity contribution in [3.63, 3.8) is 0 Å². The maximum absolute atomic E-state index is 13.1. The lowest BCUT2D eigenvalue weighted by atomic mass is 9.97. The van der Waals surface area contributed by atoms with Crippen molar-refractivity contribution in [2.45, 2.75) is 31.4 Å². The first kappa shape index (κ1) is 23.7. The Kier molecular flexibility index (Phi) is 6.18. The van der Waals surface area contributed by atoms with Crippen LogP contribution in [0.15, 0.2) is 66.9 Å². The van der Waals surface area contributed by atoms with Crippen LogP contribution in [0.25, 0.3) is 22.6 Å². The van der Waals surface area contributed by atoms with Crippen molar-refractivity contribution >= 4 is 10.0 Å². The number of hydrogen-bond donors (Lipinski definition) is 1. The average molecular weight is 517 g/mol. The lowest BCUT2D eigenvalue weighted by Crippen LogP contribution is -2.38. The number of aromatic nitrogens is 3. The van der Waals surface area contributed by atoms with Crippen LogP contribution < -0.4 is 9.47 Å². The van der Waals surface area contributed by atoms with Crippen LogP contribution in [0.5, 0.6) is 11.5 Å². The van der Waals surface area contributed by atoms with E-state index in [4.69, 9.17) is 14.5 Å². The van der Waals surface area contributed by atoms with Crippen molar-refractivity contribution in [1.82, 2.24) is 19.3 Å². The zero-order chi connectivity index (χ0) is 25.4. The van der Waals surface area contributed by atoms with Gasteiger partial charge in [0.1, 0.15) is 5.82 Å². The number of ether oxygens (including phenoxy) is 2. The summed E-state index contributed by atoms with van der Waals surface area (Å²) in [6.07, 6.45) is 3.16. The number of sulfonamides is 1. The molecule has 190 valence electrons. The molecule has 1 fully saturated rings. The zero-order valence-corrected chi connectivity index (χ0v) is 21.4. The van der Waals surface area contributed by atoms with E-state index in [1.54, 1.807) is 10.5 Å². The molecule has 37 heavy (non-hydrogen) atoms. The minimum Gasteiger partial charge on any atom is -0.454 e. The predicted octanol–water partition coefficient (Wildman–Crippen LogP) is 4.89. The van der Waals surface area contributed by atoms with Crippen molar-refractivity contribution in [2.75, 3.05) is 19.9 Å². The number of aryl methyl sites for hydroxylation is 1. The monoisotopic (exact) mass is 516 g/mol. The number of pyridine rings is 1. The molecule has 0 atom stereocenters. The van der Waals surface area contributed by atoms with Gasteiger partial charge >= 0.3 is 0 Å². The Morgan fingerprint density at radius 3 is 2.54 bits per heavy atom. The molecule has 2 aromatic carbocycles. The van der Waals surface area contributed by atoms with Gasteiger partial charge < -0.3 is 14.5 Å². The van der Waals surface area contributed by atoms with Gasteiger partial charge in [0, 0.05) is 30.8 Å². The first-order chi connectivity index (χ1) is 18.0. The van der Waals surface area contributed by atoms with Gasteiger partial charge in [-0.3, -0.25) is 4.98 Å². The van der Waals surface area contributed by atoms with Gasteiger partial charge in [-0.1, -0.05) is 35.9 Å². The highest BCUT2D eigenvalue weighted by Crippen LogP contribution is 2.39. The van der Waals surface area contributed by atoms with Gasteiger partial charge in [-0.05, 0) is 55.7 Å². The van der Waals surface area contributed by atoms with Crippen LogP contribution in [0.4, 0.5) is 0 Å². The van der Waals surface area contributed by atoms with Crippen molar-refractivity contribution in [1.29, 1.82) is 0 Å². The van der Waals surface area contributed by atoms with E-state index in [1.165, 1.54) is 0 Å². The quantitative estimate of drug-likeness (QED) is 0.392. The Morgan fingerprint density at radius 1 is 1.00 bits per heavy atom. The van der Waals surface area contributed by atoms with E-state index >= 15 is 0 Å². The summed E-state index contributed by atoms with van der Waals surface area (Å²) in [6, 6.07) is 19.3. The summed E-state index contributed by atoms with van der Waals surface area (Å²) in [5, 5.41) is 0. The number of fused-ring (bicyclic) bond motifs is 1. The Morgan fingerprint density at radius 2 is 1.78 bits per heavy atom. The Labute approximate surface area is 216 Å². The number of H-pyrrole nitrogens is 1. The summed E-state index contributed by atoms with van der Waals surface area (Å²) >= 11 is 0. The van der Waals surface area contributed by atoms with Crippen LogP contribution in [0, 0.1) is 6.92 Å². The number of aromatic amines is 1. The Bertz CT molecular complexity index is 1510. The summed E-state index contributed by atoms with van der Waals surface area (Å²) in [5.41, 5.74) is 5.26. The lowest BCUT2D eigenvalue weighted by Gasteiger charge is -2.30. The van der Waals surface area contributed by atoms with E-state index < -0.39 is 10.0 Å². The Balaban J connectivity index is 1.24. The molecule has 0 amide bonds. The van der Waals surface area contributed by atoms with E-state index in [1.807, 2.05) is 67.6 Å². The maximum Gasteiger partial charge on any atom is 0.231 e. The van der Waals surface area contributed by atoms with Gasteiger partial charge in [0.25, 0.3) is 0 Å². The van der Waals surface area contributed by atoms with E-state index in [0.29, 0.717) is 31.7 Å². The molecule has 1 N–H and O–H groups in total. The average Bonchev–Trinajstić information content (AvgIpc) is 3.58. The number of hydrogen-bond acceptors (Lipinski definition) is 6. The molecule has 0 saturated carbocycles. The van der Waals surface area contributed by atoms with Crippen molar-refractivity contribution in [3.05, 3.63) is 83.8 Å². The third-order valence-corrected chi connectivity index (χ3v) is 8.84. The highest BCUT2D eigenvalue weighted by atomic mass is 32.2. The van der Waals surface area contributed by atoms with E-state index in [2.05, 4.69) is 9.97 Å². The normalized spacial score (nSPS) is 16.2. The van der Waals surface area contributed by atoms with Crippen molar-refractivity contribution in [2.24, 2.45) is 0 Å². The van der Waals surface area contributed by atoms with Crippen LogP contribution >= 0.6 is 0 Å². The van der Waals surface area contributed by atoms with Crippen molar-refractivity contribution in [3.8, 4) is 34.1 Å². The highest BCUT2D eigenvalue weighted by Gasteiger charge is 2.31. The minimum absolute atomic E-state index is 0.0246. The van der Waals surface area contributed by atoms with Crippen LogP contribution in [0.1, 0.15) is 35.7 Å². The first-order valence-corrected chi connectivity index (χ1v) is 14.0. The molecule has 0 unspecified atom stereocenters. The zero-order valence-electron chi connectivity index (χ0n) is 20.6. The van der Waals surface area contributed by atoms with Gasteiger partial charge in [0.2, 0.25) is 16.8 Å². The number of nitrogens with zero attached hydrogens (tertiary/aromatic N) is 3. The fourth-order valence-electron chi connectivity index (χ4n) is 4.93. The molecule has 4 heterocycles. The molecule has 2 aliphatic rings. The van der Waals surface area contributed by atoms with Gasteiger partial charge in [0.15, 0.2) is 11.5 Å². The maximum atomic E-state index is 13.1. The highest BCUT2D eigenvalue weighted by molar-refractivity contribution is 7.88. The van der Waals surface area contributed by atoms with Gasteiger partial charge in [-0.2, -0.15) is 0 Å². The molecule has 0 aliphatic carbocycles. The molecule has 0 radical (unpaired) electrons. The van der Waals surface area contributed by atoms with Crippen LogP contribution in [0.3, 0.4) is 0 Å². The number of nitrogens with one attached hydrogen (secondary N) is 1. The van der Waals surface area contributed by atoms with Gasteiger partial charge in [-0.15, -0.1) is 0 Å². The predicted molar refractivity (Wildman–Crippen MR) is 141 cm³/mol. The summed E-state index contributed by atoms with van der Waals surface area (Å²) in [5.74, 6) is 2.41. The summed E-state index contributed by atoms with van der Waals surface area (Å²) in [4.78, 5) is 13.1. The SMILES string of the molecule is Cc1ccc(CS(=O)(=O)N2CCC(c3nc(-c4ccc5c(c4)OCO5)c(-c4ccccn4)[nH]3)CC2)cc1. The van der Waals surface area contributed by atoms with E-state index in [9.17, 15) is 8.42 Å². The summed E-state index contributed by atoms with van der Waals surface area (Å²) in [7, 11) is -3.38. The third kappa shape index (κ3) is 4.84. The first-order valence-electron chi connectivity index (χ1n) is 12.4. The second kappa shape index (κ2) is 9.64. The topological polar surface area (TPSA) is 97.4 Å². The fourth-order valence-corrected chi connectivity index (χ4v) is 6.49. The number of piperidine rings is 1. The molecule has 8 nitrogen and oxygen atoms in total. The van der Waals surface area contributed by atoms with Crippen LogP contribution in [-0.4, -0.2) is 47.6 Å². The third-order valence-electron chi connectivity index (χ3n) is 6.99. The van der Waals surface area contributed by atoms with Gasteiger partial charge in [-0.25, -0.2) is 17.7 Å². The van der Waals surface area contributed by atoms with Crippen LogP contribution in [0.2, 0.25) is 0 Å². The molecule has 9 heteroatoms. The van der Waals surface area contributed by atoms with E-state index in [0.717, 1.165) is 45.3 Å². The molecule has 0 bridgehead atoms. The minimum atomic E-state index is -3.38. The molecule has 2 aromatic heterocycles. The molecular weight excluding hydrogens is 488 g/mol. The van der Waals surface area contributed by atoms with Crippen molar-refractivity contribution < 1.29 is 17.9 Å². The second-order valence-electron chi connectivity index (χ2n) is 9.54. The number of benzene rings is 2. The number of rotatable bonds is 6. The standard InChI is InChI=1S/C28H28N4O4S/c1-19-5-7-20(8-6-19)17-37(33,34)32-14-11-21(12-15-32)28-30-26(27(31-28)23-4-2-3-13-29-23)22-9-10-24-25(16-22)36-18-35-24/h2-10,13,16,21H,11-12,14-15,17-18H2,1H3,(H,30,31). The molecule has 4 aromatic rings. The lowest BCUT2D eigenvalue weighted by molar-refractivity contribution is 0.174. The molecule has 0 spiro atoms. The largest absolute Gasteiger partial charge is 0.454 e. The molecule has 6 rings (SSSR count). The smallest absolute Gasteiger partial charge is 0.231 e. The van der Waals surface area contributed by atoms with E-state index in [-0.39, 0.29) is 18.5 Å². The molecule has 1 saturated heterocycles. The fraction of sp³-hybridized carbons (Fsp3) is 0.286. The van der Waals surface area contributed by atoms with Crippen LogP contribution in [-0.2, 0) is 15.8 Å².